The zero-order valence-electron chi connectivity index (χ0n) is 12.8. The summed E-state index contributed by atoms with van der Waals surface area (Å²) >= 11 is 0. The lowest BCUT2D eigenvalue weighted by molar-refractivity contribution is -0.0982. The molecule has 0 aliphatic rings. The van der Waals surface area contributed by atoms with Crippen molar-refractivity contribution in [3.05, 3.63) is 18.3 Å². The van der Waals surface area contributed by atoms with Crippen LogP contribution in [0.4, 0.5) is 5.82 Å². The second-order valence-corrected chi connectivity index (χ2v) is 7.60. The summed E-state index contributed by atoms with van der Waals surface area (Å²) < 4.78 is 30.3. The van der Waals surface area contributed by atoms with Crippen molar-refractivity contribution in [2.75, 3.05) is 11.0 Å². The van der Waals surface area contributed by atoms with Crippen molar-refractivity contribution in [2.24, 2.45) is 0 Å². The van der Waals surface area contributed by atoms with Gasteiger partial charge in [-0.3, -0.25) is 4.72 Å². The molecule has 118 valence electrons. The standard InChI is InChI=1S/C12H21BN2O5S/c1-11(2,16)12(3,4)20-13(17)9-7-6-8-14-10(9)15-21(5,18)19/h6-8,16-17H,1-5H3,(H,14,15). The highest BCUT2D eigenvalue weighted by atomic mass is 32.2. The molecule has 1 aromatic rings. The van der Waals surface area contributed by atoms with Crippen LogP contribution in [0.5, 0.6) is 0 Å². The van der Waals surface area contributed by atoms with E-state index in [0.717, 1.165) is 6.26 Å². The Morgan fingerprint density at radius 2 is 1.90 bits per heavy atom. The maximum Gasteiger partial charge on any atom is 0.495 e. The number of pyridine rings is 1. The van der Waals surface area contributed by atoms with Gasteiger partial charge < -0.3 is 14.8 Å². The van der Waals surface area contributed by atoms with Crippen molar-refractivity contribution < 1.29 is 23.2 Å². The predicted octanol–water partition coefficient (Wildman–Crippen LogP) is -0.293. The number of nitrogens with one attached hydrogen (secondary N) is 1. The summed E-state index contributed by atoms with van der Waals surface area (Å²) in [5, 5.41) is 20.2. The van der Waals surface area contributed by atoms with E-state index < -0.39 is 28.3 Å². The Balaban J connectivity index is 3.06. The first-order valence-electron chi connectivity index (χ1n) is 6.34. The molecule has 0 radical (unpaired) electrons. The van der Waals surface area contributed by atoms with E-state index in [9.17, 15) is 18.5 Å². The highest BCUT2D eigenvalue weighted by Crippen LogP contribution is 2.25. The zero-order valence-corrected chi connectivity index (χ0v) is 13.6. The van der Waals surface area contributed by atoms with Gasteiger partial charge in [0, 0.05) is 11.7 Å². The maximum absolute atomic E-state index is 11.3. The van der Waals surface area contributed by atoms with Gasteiger partial charge in [0.05, 0.1) is 17.5 Å². The van der Waals surface area contributed by atoms with Crippen LogP contribution in [-0.4, -0.2) is 48.1 Å². The zero-order chi connectivity index (χ0) is 16.5. The molecule has 21 heavy (non-hydrogen) atoms. The molecule has 1 heterocycles. The molecule has 0 saturated carbocycles. The minimum atomic E-state index is -3.53. The van der Waals surface area contributed by atoms with Crippen LogP contribution in [0.15, 0.2) is 18.3 Å². The lowest BCUT2D eigenvalue weighted by Crippen LogP contribution is -2.53. The number of aliphatic hydroxyl groups is 1. The van der Waals surface area contributed by atoms with Gasteiger partial charge in [-0.25, -0.2) is 13.4 Å². The first kappa shape index (κ1) is 17.9. The molecule has 7 nitrogen and oxygen atoms in total. The minimum Gasteiger partial charge on any atom is -0.423 e. The van der Waals surface area contributed by atoms with Crippen molar-refractivity contribution in [3.8, 4) is 0 Å². The molecule has 0 aliphatic heterocycles. The molecule has 0 saturated heterocycles. The summed E-state index contributed by atoms with van der Waals surface area (Å²) in [6, 6.07) is 3.04. The molecule has 1 aromatic heterocycles. The average Bonchev–Trinajstić information content (AvgIpc) is 2.25. The predicted molar refractivity (Wildman–Crippen MR) is 81.8 cm³/mol. The van der Waals surface area contributed by atoms with Crippen molar-refractivity contribution >= 4 is 28.4 Å². The van der Waals surface area contributed by atoms with Gasteiger partial charge in [0.25, 0.3) is 0 Å². The van der Waals surface area contributed by atoms with Crippen LogP contribution in [0.2, 0.25) is 0 Å². The van der Waals surface area contributed by atoms with E-state index in [-0.39, 0.29) is 11.3 Å². The van der Waals surface area contributed by atoms with E-state index in [1.807, 2.05) is 0 Å². The van der Waals surface area contributed by atoms with E-state index >= 15 is 0 Å². The summed E-state index contributed by atoms with van der Waals surface area (Å²) in [7, 11) is -4.97. The Bertz CT molecular complexity index is 598. The second kappa shape index (κ2) is 5.92. The van der Waals surface area contributed by atoms with Crippen LogP contribution in [0.25, 0.3) is 0 Å². The van der Waals surface area contributed by atoms with E-state index in [4.69, 9.17) is 4.65 Å². The van der Waals surface area contributed by atoms with Gasteiger partial charge in [-0.15, -0.1) is 0 Å². The fourth-order valence-corrected chi connectivity index (χ4v) is 1.89. The summed E-state index contributed by atoms with van der Waals surface area (Å²) in [5.74, 6) is -0.0148. The number of sulfonamides is 1. The number of anilines is 1. The lowest BCUT2D eigenvalue weighted by atomic mass is 9.76. The Morgan fingerprint density at radius 1 is 1.33 bits per heavy atom. The minimum absolute atomic E-state index is 0.0148. The van der Waals surface area contributed by atoms with Crippen molar-refractivity contribution in [1.82, 2.24) is 4.98 Å². The summed E-state index contributed by atoms with van der Waals surface area (Å²) in [5.41, 5.74) is -2.11. The van der Waals surface area contributed by atoms with Crippen LogP contribution in [0.3, 0.4) is 0 Å². The Hall–Kier alpha value is -1.16. The van der Waals surface area contributed by atoms with Gasteiger partial charge in [-0.1, -0.05) is 6.07 Å². The SMILES string of the molecule is CC(C)(O)C(C)(C)OB(O)c1cccnc1NS(C)(=O)=O. The highest BCUT2D eigenvalue weighted by molar-refractivity contribution is 7.92. The molecule has 1 rings (SSSR count). The molecule has 0 aliphatic carbocycles. The molecule has 3 N–H and O–H groups in total. The van der Waals surface area contributed by atoms with Crippen molar-refractivity contribution in [2.45, 2.75) is 38.9 Å². The van der Waals surface area contributed by atoms with Gasteiger partial charge in [0.15, 0.2) is 0 Å². The van der Waals surface area contributed by atoms with Gasteiger partial charge in [-0.05, 0) is 33.8 Å². The van der Waals surface area contributed by atoms with Crippen molar-refractivity contribution in [3.63, 3.8) is 0 Å². The third-order valence-corrected chi connectivity index (χ3v) is 3.83. The Kier molecular flexibility index (Phi) is 5.04. The van der Waals surface area contributed by atoms with Gasteiger partial charge >= 0.3 is 7.12 Å². The van der Waals surface area contributed by atoms with E-state index in [2.05, 4.69) is 9.71 Å². The summed E-state index contributed by atoms with van der Waals surface area (Å²) in [4.78, 5) is 3.88. The van der Waals surface area contributed by atoms with Crippen LogP contribution in [0.1, 0.15) is 27.7 Å². The molecular formula is C12H21BN2O5S. The highest BCUT2D eigenvalue weighted by Gasteiger charge is 2.40. The largest absolute Gasteiger partial charge is 0.495 e. The van der Waals surface area contributed by atoms with E-state index in [1.54, 1.807) is 33.8 Å². The number of hydrogen-bond acceptors (Lipinski definition) is 6. The molecule has 9 heteroatoms. The van der Waals surface area contributed by atoms with Crippen LogP contribution < -0.4 is 10.2 Å². The van der Waals surface area contributed by atoms with Gasteiger partial charge in [0.2, 0.25) is 10.0 Å². The number of hydrogen-bond donors (Lipinski definition) is 3. The topological polar surface area (TPSA) is 109 Å². The summed E-state index contributed by atoms with van der Waals surface area (Å²) in [6.07, 6.45) is 2.38. The van der Waals surface area contributed by atoms with Crippen LogP contribution in [0, 0.1) is 0 Å². The van der Waals surface area contributed by atoms with E-state index in [1.165, 1.54) is 12.3 Å². The normalized spacial score (nSPS) is 13.1. The molecule has 0 fully saturated rings. The van der Waals surface area contributed by atoms with Crippen LogP contribution >= 0.6 is 0 Å². The Morgan fingerprint density at radius 3 is 2.38 bits per heavy atom. The van der Waals surface area contributed by atoms with Crippen LogP contribution in [-0.2, 0) is 14.7 Å². The molecule has 0 bridgehead atoms. The third-order valence-electron chi connectivity index (χ3n) is 3.27. The monoisotopic (exact) mass is 316 g/mol. The first-order valence-corrected chi connectivity index (χ1v) is 8.23. The molecular weight excluding hydrogens is 295 g/mol. The number of nitrogens with zero attached hydrogens (tertiary/aromatic N) is 1. The van der Waals surface area contributed by atoms with E-state index in [0.29, 0.717) is 0 Å². The maximum atomic E-state index is 11.3. The Labute approximate surface area is 125 Å². The van der Waals surface area contributed by atoms with Gasteiger partial charge in [0.1, 0.15) is 5.82 Å². The molecule has 0 amide bonds. The lowest BCUT2D eigenvalue weighted by Gasteiger charge is -2.38. The number of aromatic nitrogens is 1. The first-order chi connectivity index (χ1) is 9.33. The van der Waals surface area contributed by atoms with Gasteiger partial charge in [-0.2, -0.15) is 0 Å². The fraction of sp³-hybridized carbons (Fsp3) is 0.583. The molecule has 0 aromatic carbocycles. The molecule has 0 spiro atoms. The average molecular weight is 316 g/mol. The summed E-state index contributed by atoms with van der Waals surface area (Å²) in [6.45, 7) is 6.35. The smallest absolute Gasteiger partial charge is 0.423 e. The fourth-order valence-electron chi connectivity index (χ4n) is 1.36. The number of rotatable bonds is 6. The quantitative estimate of drug-likeness (QED) is 0.622. The second-order valence-electron chi connectivity index (χ2n) is 5.86. The molecule has 0 unspecified atom stereocenters. The van der Waals surface area contributed by atoms with Crippen molar-refractivity contribution in [1.29, 1.82) is 0 Å². The third kappa shape index (κ3) is 4.96. The molecule has 0 atom stereocenters.